The summed E-state index contributed by atoms with van der Waals surface area (Å²) >= 11 is 0. The van der Waals surface area contributed by atoms with Crippen LogP contribution in [0.1, 0.15) is 46.1 Å². The number of aryl methyl sites for hydroxylation is 1. The fourth-order valence-corrected chi connectivity index (χ4v) is 3.81. The Morgan fingerprint density at radius 1 is 1.23 bits per heavy atom. The van der Waals surface area contributed by atoms with Crippen LogP contribution in [-0.4, -0.2) is 46.1 Å². The molecule has 0 unspecified atom stereocenters. The zero-order chi connectivity index (χ0) is 20.9. The van der Waals surface area contributed by atoms with Gasteiger partial charge < -0.3 is 15.4 Å². The van der Waals surface area contributed by atoms with Crippen LogP contribution in [0, 0.1) is 6.92 Å². The number of pyridine rings is 1. The maximum absolute atomic E-state index is 13.1. The molecule has 0 spiro atoms. The molecule has 4 rings (SSSR count). The van der Waals surface area contributed by atoms with Crippen molar-refractivity contribution < 1.29 is 9.53 Å². The van der Waals surface area contributed by atoms with Gasteiger partial charge in [0.2, 0.25) is 5.88 Å². The molecule has 0 atom stereocenters. The number of piperidine rings is 1. The molecule has 1 amide bonds. The minimum Gasteiger partial charge on any atom is -0.481 e. The number of carbonyl (C=O) groups is 1. The number of benzene rings is 1. The van der Waals surface area contributed by atoms with Crippen molar-refractivity contribution in [3.63, 3.8) is 0 Å². The maximum atomic E-state index is 13.1. The predicted molar refractivity (Wildman–Crippen MR) is 114 cm³/mol. The predicted octanol–water partition coefficient (Wildman–Crippen LogP) is 2.76. The standard InChI is InChI=1S/C22H26N6O2/c1-15-5-3-4-6-17(15)14-28-21(16-9-11-23-12-10-16)20(26-27-28)22(29)25-18-7-8-19(30-2)24-13-18/h3-8,13,16,23H,9-12,14H2,1-2H3,(H,25,29). The minimum absolute atomic E-state index is 0.236. The van der Waals surface area contributed by atoms with Crippen LogP contribution in [0.15, 0.2) is 42.6 Å². The van der Waals surface area contributed by atoms with Crippen LogP contribution < -0.4 is 15.4 Å². The highest BCUT2D eigenvalue weighted by Crippen LogP contribution is 2.28. The van der Waals surface area contributed by atoms with Crippen LogP contribution in [0.3, 0.4) is 0 Å². The normalized spacial score (nSPS) is 14.5. The Morgan fingerprint density at radius 3 is 2.73 bits per heavy atom. The second-order valence-corrected chi connectivity index (χ2v) is 7.48. The van der Waals surface area contributed by atoms with Crippen molar-refractivity contribution in [2.45, 2.75) is 32.2 Å². The number of amides is 1. The molecule has 0 saturated carbocycles. The molecule has 1 aliphatic rings. The zero-order valence-corrected chi connectivity index (χ0v) is 17.3. The van der Waals surface area contributed by atoms with E-state index in [0.717, 1.165) is 31.6 Å². The van der Waals surface area contributed by atoms with Gasteiger partial charge in [0.05, 0.1) is 31.2 Å². The molecule has 30 heavy (non-hydrogen) atoms. The van der Waals surface area contributed by atoms with Gasteiger partial charge >= 0.3 is 0 Å². The SMILES string of the molecule is COc1ccc(NC(=O)c2nnn(Cc3ccccc3C)c2C2CCNCC2)cn1. The third-order valence-electron chi connectivity index (χ3n) is 5.50. The summed E-state index contributed by atoms with van der Waals surface area (Å²) in [6.45, 7) is 4.52. The molecule has 2 aromatic heterocycles. The van der Waals surface area contributed by atoms with Gasteiger partial charge in [-0.1, -0.05) is 29.5 Å². The Morgan fingerprint density at radius 2 is 2.03 bits per heavy atom. The van der Waals surface area contributed by atoms with Crippen LogP contribution in [-0.2, 0) is 6.54 Å². The number of hydrogen-bond acceptors (Lipinski definition) is 6. The minimum atomic E-state index is -0.272. The van der Waals surface area contributed by atoms with Crippen LogP contribution in [0.4, 0.5) is 5.69 Å². The number of anilines is 1. The first-order valence-corrected chi connectivity index (χ1v) is 10.2. The lowest BCUT2D eigenvalue weighted by atomic mass is 9.92. The highest BCUT2D eigenvalue weighted by Gasteiger charge is 2.28. The van der Waals surface area contributed by atoms with E-state index in [-0.39, 0.29) is 11.8 Å². The molecular formula is C22H26N6O2. The zero-order valence-electron chi connectivity index (χ0n) is 17.3. The Bertz CT molecular complexity index is 1010. The summed E-state index contributed by atoms with van der Waals surface area (Å²) in [5.74, 6) is 0.458. The van der Waals surface area contributed by atoms with Crippen molar-refractivity contribution in [3.05, 3.63) is 65.1 Å². The van der Waals surface area contributed by atoms with E-state index in [1.54, 1.807) is 25.4 Å². The van der Waals surface area contributed by atoms with Gasteiger partial charge in [-0.2, -0.15) is 0 Å². The molecule has 156 valence electrons. The first-order chi connectivity index (χ1) is 14.7. The number of rotatable bonds is 6. The van der Waals surface area contributed by atoms with Gasteiger partial charge in [-0.15, -0.1) is 5.10 Å². The van der Waals surface area contributed by atoms with Gasteiger partial charge in [0.25, 0.3) is 5.91 Å². The van der Waals surface area contributed by atoms with Crippen LogP contribution in [0.25, 0.3) is 0 Å². The van der Waals surface area contributed by atoms with Gasteiger partial charge in [-0.25, -0.2) is 9.67 Å². The monoisotopic (exact) mass is 406 g/mol. The summed E-state index contributed by atoms with van der Waals surface area (Å²) in [6, 6.07) is 11.7. The molecule has 2 N–H and O–H groups in total. The lowest BCUT2D eigenvalue weighted by Crippen LogP contribution is -2.29. The molecule has 1 aromatic carbocycles. The largest absolute Gasteiger partial charge is 0.481 e. The van der Waals surface area contributed by atoms with Crippen LogP contribution >= 0.6 is 0 Å². The quantitative estimate of drug-likeness (QED) is 0.654. The van der Waals surface area contributed by atoms with Gasteiger partial charge in [0.1, 0.15) is 0 Å². The molecular weight excluding hydrogens is 380 g/mol. The Hall–Kier alpha value is -3.26. The van der Waals surface area contributed by atoms with E-state index in [4.69, 9.17) is 4.74 Å². The number of ether oxygens (including phenoxy) is 1. The van der Waals surface area contributed by atoms with Gasteiger partial charge in [0.15, 0.2) is 5.69 Å². The third-order valence-corrected chi connectivity index (χ3v) is 5.50. The highest BCUT2D eigenvalue weighted by molar-refractivity contribution is 6.03. The number of hydrogen-bond donors (Lipinski definition) is 2. The number of aromatic nitrogens is 4. The lowest BCUT2D eigenvalue weighted by molar-refractivity contribution is 0.102. The van der Waals surface area contributed by atoms with E-state index in [2.05, 4.69) is 45.0 Å². The van der Waals surface area contributed by atoms with Crippen LogP contribution in [0.2, 0.25) is 0 Å². The summed E-state index contributed by atoms with van der Waals surface area (Å²) in [5.41, 5.74) is 4.24. The molecule has 8 nitrogen and oxygen atoms in total. The average Bonchev–Trinajstić information content (AvgIpc) is 3.20. The number of nitrogens with one attached hydrogen (secondary N) is 2. The molecule has 0 radical (unpaired) electrons. The highest BCUT2D eigenvalue weighted by atomic mass is 16.5. The summed E-state index contributed by atoms with van der Waals surface area (Å²) in [7, 11) is 1.55. The van der Waals surface area contributed by atoms with E-state index in [1.165, 1.54) is 11.1 Å². The smallest absolute Gasteiger partial charge is 0.278 e. The van der Waals surface area contributed by atoms with Gasteiger partial charge in [-0.05, 0) is 50.0 Å². The molecule has 1 saturated heterocycles. The molecule has 0 bridgehead atoms. The first kappa shape index (κ1) is 20.0. The fourth-order valence-electron chi connectivity index (χ4n) is 3.81. The average molecular weight is 406 g/mol. The third kappa shape index (κ3) is 4.33. The molecule has 3 heterocycles. The molecule has 8 heteroatoms. The van der Waals surface area contributed by atoms with Gasteiger partial charge in [0, 0.05) is 12.0 Å². The summed E-state index contributed by atoms with van der Waals surface area (Å²) in [6.07, 6.45) is 3.47. The van der Waals surface area contributed by atoms with Crippen molar-refractivity contribution in [2.24, 2.45) is 0 Å². The molecule has 1 fully saturated rings. The van der Waals surface area contributed by atoms with E-state index >= 15 is 0 Å². The second kappa shape index (κ2) is 9.04. The summed E-state index contributed by atoms with van der Waals surface area (Å²) in [5, 5.41) is 14.9. The van der Waals surface area contributed by atoms with Gasteiger partial charge in [-0.3, -0.25) is 4.79 Å². The van der Waals surface area contributed by atoms with E-state index < -0.39 is 0 Å². The number of methoxy groups -OCH3 is 1. The number of carbonyl (C=O) groups excluding carboxylic acids is 1. The Labute approximate surface area is 175 Å². The lowest BCUT2D eigenvalue weighted by Gasteiger charge is -2.24. The summed E-state index contributed by atoms with van der Waals surface area (Å²) < 4.78 is 6.96. The number of nitrogens with zero attached hydrogens (tertiary/aromatic N) is 4. The Kier molecular flexibility index (Phi) is 6.04. The van der Waals surface area contributed by atoms with E-state index in [0.29, 0.717) is 23.8 Å². The second-order valence-electron chi connectivity index (χ2n) is 7.48. The molecule has 0 aliphatic carbocycles. The van der Waals surface area contributed by atoms with Crippen molar-refractivity contribution in [1.29, 1.82) is 0 Å². The van der Waals surface area contributed by atoms with Crippen molar-refractivity contribution in [3.8, 4) is 5.88 Å². The van der Waals surface area contributed by atoms with E-state index in [9.17, 15) is 4.79 Å². The maximum Gasteiger partial charge on any atom is 0.278 e. The van der Waals surface area contributed by atoms with Crippen molar-refractivity contribution in [2.75, 3.05) is 25.5 Å². The van der Waals surface area contributed by atoms with Crippen LogP contribution in [0.5, 0.6) is 5.88 Å². The topological polar surface area (TPSA) is 94.0 Å². The summed E-state index contributed by atoms with van der Waals surface area (Å²) in [4.78, 5) is 17.2. The molecule has 1 aliphatic heterocycles. The van der Waals surface area contributed by atoms with E-state index in [1.807, 2.05) is 16.8 Å². The Balaban J connectivity index is 1.63. The first-order valence-electron chi connectivity index (χ1n) is 10.2. The molecule has 3 aromatic rings. The fraction of sp³-hybridized carbons (Fsp3) is 0.364. The van der Waals surface area contributed by atoms with Crippen molar-refractivity contribution in [1.82, 2.24) is 25.3 Å². The van der Waals surface area contributed by atoms with Crippen molar-refractivity contribution >= 4 is 11.6 Å².